The van der Waals surface area contributed by atoms with E-state index in [9.17, 15) is 8.78 Å². The van der Waals surface area contributed by atoms with Crippen LogP contribution >= 0.6 is 0 Å². The summed E-state index contributed by atoms with van der Waals surface area (Å²) in [5.74, 6) is -0.493. The van der Waals surface area contributed by atoms with Gasteiger partial charge >= 0.3 is 0 Å². The van der Waals surface area contributed by atoms with Crippen LogP contribution in [0.1, 0.15) is 18.4 Å². The molecule has 0 bridgehead atoms. The average molecular weight is 255 g/mol. The maximum absolute atomic E-state index is 13.6. The number of benzene rings is 1. The molecule has 1 saturated heterocycles. The highest BCUT2D eigenvalue weighted by molar-refractivity contribution is 5.21. The van der Waals surface area contributed by atoms with Crippen molar-refractivity contribution in [2.75, 3.05) is 20.3 Å². The van der Waals surface area contributed by atoms with Gasteiger partial charge < -0.3 is 10.1 Å². The van der Waals surface area contributed by atoms with Gasteiger partial charge in [0.2, 0.25) is 0 Å². The third-order valence-electron chi connectivity index (χ3n) is 3.69. The molecule has 2 nitrogen and oxygen atoms in total. The summed E-state index contributed by atoms with van der Waals surface area (Å²) in [7, 11) is 1.85. The van der Waals surface area contributed by atoms with Crippen LogP contribution in [0.15, 0.2) is 18.2 Å². The summed E-state index contributed by atoms with van der Waals surface area (Å²) in [5, 5.41) is 3.19. The minimum absolute atomic E-state index is 0.0975. The second kappa shape index (κ2) is 6.25. The zero-order valence-electron chi connectivity index (χ0n) is 10.6. The molecule has 0 aliphatic carbocycles. The lowest BCUT2D eigenvalue weighted by Crippen LogP contribution is -2.39. The number of hydrogen-bond acceptors (Lipinski definition) is 2. The summed E-state index contributed by atoms with van der Waals surface area (Å²) >= 11 is 0. The smallest absolute Gasteiger partial charge is 0.129 e. The number of ether oxygens (including phenoxy) is 1. The van der Waals surface area contributed by atoms with Gasteiger partial charge in [0.1, 0.15) is 11.6 Å². The Morgan fingerprint density at radius 2 is 1.89 bits per heavy atom. The van der Waals surface area contributed by atoms with Crippen molar-refractivity contribution in [2.24, 2.45) is 5.92 Å². The minimum atomic E-state index is -0.456. The summed E-state index contributed by atoms with van der Waals surface area (Å²) in [5.41, 5.74) is 0.184. The maximum Gasteiger partial charge on any atom is 0.129 e. The van der Waals surface area contributed by atoms with Crippen molar-refractivity contribution in [2.45, 2.75) is 25.3 Å². The lowest BCUT2D eigenvalue weighted by atomic mass is 9.87. The zero-order valence-corrected chi connectivity index (χ0v) is 10.6. The van der Waals surface area contributed by atoms with Crippen LogP contribution in [-0.2, 0) is 11.2 Å². The first-order valence-corrected chi connectivity index (χ1v) is 6.40. The number of likely N-dealkylation sites (N-methyl/N-ethyl adjacent to an activating group) is 1. The first-order valence-electron chi connectivity index (χ1n) is 6.40. The Kier molecular flexibility index (Phi) is 4.66. The van der Waals surface area contributed by atoms with Gasteiger partial charge in [-0.25, -0.2) is 8.78 Å². The molecular formula is C14H19F2NO. The molecule has 1 unspecified atom stereocenters. The molecule has 1 aromatic carbocycles. The third kappa shape index (κ3) is 3.06. The Morgan fingerprint density at radius 3 is 2.44 bits per heavy atom. The van der Waals surface area contributed by atoms with Crippen LogP contribution in [0, 0.1) is 17.6 Å². The number of rotatable bonds is 4. The van der Waals surface area contributed by atoms with Gasteiger partial charge in [0, 0.05) is 24.8 Å². The zero-order chi connectivity index (χ0) is 13.0. The number of hydrogen-bond donors (Lipinski definition) is 1. The van der Waals surface area contributed by atoms with Crippen molar-refractivity contribution in [1.29, 1.82) is 0 Å². The van der Waals surface area contributed by atoms with E-state index >= 15 is 0 Å². The minimum Gasteiger partial charge on any atom is -0.381 e. The fourth-order valence-electron chi connectivity index (χ4n) is 2.57. The molecule has 1 heterocycles. The van der Waals surface area contributed by atoms with Gasteiger partial charge in [0.25, 0.3) is 0 Å². The lowest BCUT2D eigenvalue weighted by Gasteiger charge is -2.30. The molecule has 1 aliphatic heterocycles. The highest BCUT2D eigenvalue weighted by Gasteiger charge is 2.24. The quantitative estimate of drug-likeness (QED) is 0.892. The molecule has 1 atom stereocenters. The van der Waals surface area contributed by atoms with Crippen LogP contribution in [0.2, 0.25) is 0 Å². The molecule has 0 radical (unpaired) electrons. The molecule has 1 N–H and O–H groups in total. The van der Waals surface area contributed by atoms with Crippen LogP contribution in [0.25, 0.3) is 0 Å². The Labute approximate surface area is 106 Å². The van der Waals surface area contributed by atoms with Gasteiger partial charge in [-0.2, -0.15) is 0 Å². The van der Waals surface area contributed by atoms with Crippen molar-refractivity contribution in [3.05, 3.63) is 35.4 Å². The molecule has 18 heavy (non-hydrogen) atoms. The Hall–Kier alpha value is -1.00. The monoisotopic (exact) mass is 255 g/mol. The molecule has 4 heteroatoms. The largest absolute Gasteiger partial charge is 0.381 e. The number of nitrogens with one attached hydrogen (secondary N) is 1. The fraction of sp³-hybridized carbons (Fsp3) is 0.571. The lowest BCUT2D eigenvalue weighted by molar-refractivity contribution is 0.0545. The summed E-state index contributed by atoms with van der Waals surface area (Å²) in [4.78, 5) is 0. The van der Waals surface area contributed by atoms with E-state index in [0.717, 1.165) is 26.1 Å². The van der Waals surface area contributed by atoms with Gasteiger partial charge in [0.15, 0.2) is 0 Å². The van der Waals surface area contributed by atoms with Crippen LogP contribution in [0.4, 0.5) is 8.78 Å². The second-order valence-electron chi connectivity index (χ2n) is 4.75. The molecule has 0 saturated carbocycles. The van der Waals surface area contributed by atoms with Crippen LogP contribution in [0.3, 0.4) is 0 Å². The van der Waals surface area contributed by atoms with E-state index < -0.39 is 11.6 Å². The Balaban J connectivity index is 2.09. The molecule has 1 aliphatic rings. The van der Waals surface area contributed by atoms with E-state index in [1.54, 1.807) is 0 Å². The normalized spacial score (nSPS) is 18.8. The predicted molar refractivity (Wildman–Crippen MR) is 66.5 cm³/mol. The van der Waals surface area contributed by atoms with Crippen molar-refractivity contribution < 1.29 is 13.5 Å². The predicted octanol–water partition coefficient (Wildman–Crippen LogP) is 2.52. The fourth-order valence-corrected chi connectivity index (χ4v) is 2.57. The number of halogens is 2. The Morgan fingerprint density at radius 1 is 1.28 bits per heavy atom. The van der Waals surface area contributed by atoms with Crippen molar-refractivity contribution in [3.63, 3.8) is 0 Å². The van der Waals surface area contributed by atoms with Crippen molar-refractivity contribution in [3.8, 4) is 0 Å². The second-order valence-corrected chi connectivity index (χ2v) is 4.75. The standard InChI is InChI=1S/C14H19F2NO/c1-17-14(10-5-7-18-8-6-10)9-11-12(15)3-2-4-13(11)16/h2-4,10,14,17H,5-9H2,1H3. The van der Waals surface area contributed by atoms with E-state index in [2.05, 4.69) is 5.32 Å². The highest BCUT2D eigenvalue weighted by Crippen LogP contribution is 2.23. The van der Waals surface area contributed by atoms with E-state index in [-0.39, 0.29) is 11.6 Å². The molecule has 2 rings (SSSR count). The maximum atomic E-state index is 13.6. The SMILES string of the molecule is CNC(Cc1c(F)cccc1F)C1CCOCC1. The van der Waals surface area contributed by atoms with Crippen LogP contribution in [0.5, 0.6) is 0 Å². The van der Waals surface area contributed by atoms with Crippen molar-refractivity contribution >= 4 is 0 Å². The summed E-state index contributed by atoms with van der Waals surface area (Å²) in [6, 6.07) is 4.13. The van der Waals surface area contributed by atoms with Crippen LogP contribution < -0.4 is 5.32 Å². The summed E-state index contributed by atoms with van der Waals surface area (Å²) in [6.07, 6.45) is 2.28. The van der Waals surface area contributed by atoms with E-state index in [1.165, 1.54) is 18.2 Å². The molecule has 1 aromatic rings. The van der Waals surface area contributed by atoms with Gasteiger partial charge in [0.05, 0.1) is 0 Å². The van der Waals surface area contributed by atoms with Gasteiger partial charge in [-0.05, 0) is 44.4 Å². The highest BCUT2D eigenvalue weighted by atomic mass is 19.1. The molecular weight excluding hydrogens is 236 g/mol. The third-order valence-corrected chi connectivity index (χ3v) is 3.69. The first kappa shape index (κ1) is 13.4. The van der Waals surface area contributed by atoms with E-state index in [1.807, 2.05) is 7.05 Å². The molecule has 0 spiro atoms. The summed E-state index contributed by atoms with van der Waals surface area (Å²) < 4.78 is 32.6. The van der Waals surface area contributed by atoms with Gasteiger partial charge in [-0.15, -0.1) is 0 Å². The Bertz CT molecular complexity index is 371. The summed E-state index contributed by atoms with van der Waals surface area (Å²) in [6.45, 7) is 1.48. The van der Waals surface area contributed by atoms with Crippen LogP contribution in [-0.4, -0.2) is 26.3 Å². The molecule has 100 valence electrons. The molecule has 0 aromatic heterocycles. The average Bonchev–Trinajstić information content (AvgIpc) is 2.40. The van der Waals surface area contributed by atoms with Crippen molar-refractivity contribution in [1.82, 2.24) is 5.32 Å². The van der Waals surface area contributed by atoms with Gasteiger partial charge in [-0.3, -0.25) is 0 Å². The van der Waals surface area contributed by atoms with E-state index in [0.29, 0.717) is 12.3 Å². The van der Waals surface area contributed by atoms with E-state index in [4.69, 9.17) is 4.74 Å². The molecule has 0 amide bonds. The molecule has 1 fully saturated rings. The first-order chi connectivity index (χ1) is 8.72. The topological polar surface area (TPSA) is 21.3 Å². The van der Waals surface area contributed by atoms with Gasteiger partial charge in [-0.1, -0.05) is 6.07 Å².